The van der Waals surface area contributed by atoms with Gasteiger partial charge in [-0.3, -0.25) is 4.90 Å². The van der Waals surface area contributed by atoms with Crippen LogP contribution in [0.1, 0.15) is 24.2 Å². The first kappa shape index (κ1) is 14.3. The Balaban J connectivity index is 1.95. The van der Waals surface area contributed by atoms with Crippen LogP contribution in [0, 0.1) is 13.8 Å². The Morgan fingerprint density at radius 1 is 1.29 bits per heavy atom. The van der Waals surface area contributed by atoms with E-state index in [2.05, 4.69) is 40.2 Å². The van der Waals surface area contributed by atoms with Gasteiger partial charge in [0.2, 0.25) is 0 Å². The Morgan fingerprint density at radius 2 is 2.00 bits per heavy atom. The lowest BCUT2D eigenvalue weighted by Gasteiger charge is -2.30. The van der Waals surface area contributed by atoms with Crippen molar-refractivity contribution in [2.24, 2.45) is 0 Å². The number of aryl methyl sites for hydroxylation is 1. The first-order valence-corrected chi connectivity index (χ1v) is 7.47. The molecule has 0 aromatic carbocycles. The Hall–Kier alpha value is -1.66. The summed E-state index contributed by atoms with van der Waals surface area (Å²) in [5, 5.41) is 0.990. The number of hydrogen-bond donors (Lipinski definition) is 1. The van der Waals surface area contributed by atoms with Gasteiger partial charge >= 0.3 is 0 Å². The smallest absolute Gasteiger partial charge is 0.146 e. The predicted octanol–water partition coefficient (Wildman–Crippen LogP) is 1.52. The van der Waals surface area contributed by atoms with Crippen molar-refractivity contribution < 1.29 is 4.74 Å². The number of anilines is 1. The van der Waals surface area contributed by atoms with Crippen molar-refractivity contribution in [3.05, 3.63) is 17.6 Å². The molecule has 2 N–H and O–H groups in total. The molecule has 2 aromatic heterocycles. The third-order valence-corrected chi connectivity index (χ3v) is 4.43. The number of fused-ring (bicyclic) bond motifs is 1. The summed E-state index contributed by atoms with van der Waals surface area (Å²) in [5.74, 6) is 0.568. The summed E-state index contributed by atoms with van der Waals surface area (Å²) in [6, 6.07) is 0.341. The van der Waals surface area contributed by atoms with Crippen LogP contribution in [-0.4, -0.2) is 52.3 Å². The van der Waals surface area contributed by atoms with Crippen LogP contribution >= 0.6 is 0 Å². The molecule has 1 atom stereocenters. The summed E-state index contributed by atoms with van der Waals surface area (Å²) >= 11 is 0. The normalized spacial score (nSPS) is 18.2. The standard InChI is InChI=1S/C15H23N5O/c1-10(8-19-4-6-21-7-5-19)20-12(3)11(2)13-14(16)17-9-18-15(13)20/h9-10H,4-8H2,1-3H3,(H2,16,17,18). The number of rotatable bonds is 3. The number of aromatic nitrogens is 3. The lowest BCUT2D eigenvalue weighted by molar-refractivity contribution is 0.0327. The van der Waals surface area contributed by atoms with Crippen molar-refractivity contribution in [2.75, 3.05) is 38.6 Å². The minimum Gasteiger partial charge on any atom is -0.383 e. The van der Waals surface area contributed by atoms with E-state index < -0.39 is 0 Å². The van der Waals surface area contributed by atoms with Gasteiger partial charge in [0, 0.05) is 31.4 Å². The monoisotopic (exact) mass is 289 g/mol. The quantitative estimate of drug-likeness (QED) is 0.928. The molecule has 3 heterocycles. The average molecular weight is 289 g/mol. The number of nitrogen functional groups attached to an aromatic ring is 1. The van der Waals surface area contributed by atoms with Crippen LogP contribution in [-0.2, 0) is 4.74 Å². The SMILES string of the molecule is Cc1c(C)n(C(C)CN2CCOCC2)c2ncnc(N)c12. The van der Waals surface area contributed by atoms with E-state index >= 15 is 0 Å². The fourth-order valence-electron chi connectivity index (χ4n) is 3.23. The highest BCUT2D eigenvalue weighted by Gasteiger charge is 2.21. The van der Waals surface area contributed by atoms with E-state index in [1.54, 1.807) is 6.33 Å². The topological polar surface area (TPSA) is 69.2 Å². The Bertz CT molecular complexity index is 645. The molecule has 0 saturated carbocycles. The number of morpholine rings is 1. The van der Waals surface area contributed by atoms with Gasteiger partial charge in [-0.25, -0.2) is 9.97 Å². The van der Waals surface area contributed by atoms with Crippen LogP contribution in [0.25, 0.3) is 11.0 Å². The second-order valence-electron chi connectivity index (χ2n) is 5.80. The molecule has 1 saturated heterocycles. The van der Waals surface area contributed by atoms with Gasteiger partial charge in [0.15, 0.2) is 0 Å². The molecule has 2 aromatic rings. The van der Waals surface area contributed by atoms with Gasteiger partial charge in [-0.05, 0) is 26.3 Å². The summed E-state index contributed by atoms with van der Waals surface area (Å²) < 4.78 is 7.71. The molecule has 6 heteroatoms. The van der Waals surface area contributed by atoms with E-state index in [9.17, 15) is 0 Å². The third-order valence-electron chi connectivity index (χ3n) is 4.43. The van der Waals surface area contributed by atoms with Gasteiger partial charge in [-0.15, -0.1) is 0 Å². The number of nitrogens with two attached hydrogens (primary N) is 1. The molecule has 21 heavy (non-hydrogen) atoms. The van der Waals surface area contributed by atoms with Crippen molar-refractivity contribution in [3.8, 4) is 0 Å². The second-order valence-corrected chi connectivity index (χ2v) is 5.80. The summed E-state index contributed by atoms with van der Waals surface area (Å²) in [6.45, 7) is 11.1. The summed E-state index contributed by atoms with van der Waals surface area (Å²) in [7, 11) is 0. The van der Waals surface area contributed by atoms with Crippen molar-refractivity contribution in [1.82, 2.24) is 19.4 Å². The molecule has 3 rings (SSSR count). The van der Waals surface area contributed by atoms with E-state index in [0.29, 0.717) is 11.9 Å². The first-order valence-electron chi connectivity index (χ1n) is 7.47. The number of ether oxygens (including phenoxy) is 1. The van der Waals surface area contributed by atoms with Gasteiger partial charge in [-0.1, -0.05) is 0 Å². The zero-order valence-electron chi connectivity index (χ0n) is 13.0. The molecule has 6 nitrogen and oxygen atoms in total. The highest BCUT2D eigenvalue weighted by Crippen LogP contribution is 2.30. The van der Waals surface area contributed by atoms with Crippen molar-refractivity contribution >= 4 is 16.9 Å². The van der Waals surface area contributed by atoms with Crippen molar-refractivity contribution in [2.45, 2.75) is 26.8 Å². The highest BCUT2D eigenvalue weighted by atomic mass is 16.5. The molecule has 114 valence electrons. The first-order chi connectivity index (χ1) is 10.1. The summed E-state index contributed by atoms with van der Waals surface area (Å²) in [5.41, 5.74) is 9.37. The maximum absolute atomic E-state index is 6.03. The molecule has 0 amide bonds. The van der Waals surface area contributed by atoms with Crippen LogP contribution in [0.15, 0.2) is 6.33 Å². The maximum atomic E-state index is 6.03. The summed E-state index contributed by atoms with van der Waals surface area (Å²) in [4.78, 5) is 11.0. The molecule has 0 radical (unpaired) electrons. The van der Waals surface area contributed by atoms with E-state index in [-0.39, 0.29) is 0 Å². The van der Waals surface area contributed by atoms with Crippen LogP contribution in [0.3, 0.4) is 0 Å². The predicted molar refractivity (Wildman–Crippen MR) is 83.4 cm³/mol. The molecule has 1 aliphatic heterocycles. The molecule has 1 aliphatic rings. The van der Waals surface area contributed by atoms with E-state index in [0.717, 1.165) is 43.9 Å². The van der Waals surface area contributed by atoms with E-state index in [4.69, 9.17) is 10.5 Å². The molecule has 0 aliphatic carbocycles. The largest absolute Gasteiger partial charge is 0.383 e. The van der Waals surface area contributed by atoms with Gasteiger partial charge < -0.3 is 15.0 Å². The van der Waals surface area contributed by atoms with Gasteiger partial charge in [-0.2, -0.15) is 0 Å². The lowest BCUT2D eigenvalue weighted by atomic mass is 10.2. The Labute approximate surface area is 124 Å². The van der Waals surface area contributed by atoms with Crippen LogP contribution in [0.5, 0.6) is 0 Å². The summed E-state index contributed by atoms with van der Waals surface area (Å²) in [6.07, 6.45) is 1.55. The fraction of sp³-hybridized carbons (Fsp3) is 0.600. The van der Waals surface area contributed by atoms with Crippen LogP contribution in [0.4, 0.5) is 5.82 Å². The fourth-order valence-corrected chi connectivity index (χ4v) is 3.23. The van der Waals surface area contributed by atoms with Crippen molar-refractivity contribution in [1.29, 1.82) is 0 Å². The second kappa shape index (κ2) is 5.61. The van der Waals surface area contributed by atoms with Crippen molar-refractivity contribution in [3.63, 3.8) is 0 Å². The number of nitrogens with zero attached hydrogens (tertiary/aromatic N) is 4. The molecular formula is C15H23N5O. The Kier molecular flexibility index (Phi) is 3.82. The van der Waals surface area contributed by atoms with Crippen LogP contribution < -0.4 is 5.73 Å². The van der Waals surface area contributed by atoms with Gasteiger partial charge in [0.25, 0.3) is 0 Å². The molecule has 0 spiro atoms. The molecule has 1 unspecified atom stereocenters. The third kappa shape index (κ3) is 2.49. The minimum atomic E-state index is 0.341. The van der Waals surface area contributed by atoms with E-state index in [1.165, 1.54) is 11.3 Å². The lowest BCUT2D eigenvalue weighted by Crippen LogP contribution is -2.39. The molecule has 0 bridgehead atoms. The van der Waals surface area contributed by atoms with Crippen LogP contribution in [0.2, 0.25) is 0 Å². The zero-order valence-corrected chi connectivity index (χ0v) is 13.0. The Morgan fingerprint density at radius 3 is 2.71 bits per heavy atom. The zero-order chi connectivity index (χ0) is 15.0. The van der Waals surface area contributed by atoms with E-state index in [1.807, 2.05) is 0 Å². The van der Waals surface area contributed by atoms with Gasteiger partial charge in [0.05, 0.1) is 18.6 Å². The molecule has 1 fully saturated rings. The number of hydrogen-bond acceptors (Lipinski definition) is 5. The minimum absolute atomic E-state index is 0.341. The van der Waals surface area contributed by atoms with Gasteiger partial charge in [0.1, 0.15) is 17.8 Å². The molecular weight excluding hydrogens is 266 g/mol. The maximum Gasteiger partial charge on any atom is 0.146 e. The highest BCUT2D eigenvalue weighted by molar-refractivity contribution is 5.90. The average Bonchev–Trinajstić information content (AvgIpc) is 2.73.